The van der Waals surface area contributed by atoms with Gasteiger partial charge in [0.05, 0.1) is 7.11 Å². The molecule has 2 atom stereocenters. The second kappa shape index (κ2) is 11.9. The van der Waals surface area contributed by atoms with Gasteiger partial charge < -0.3 is 19.9 Å². The number of nitrogens with zero attached hydrogens (tertiary/aromatic N) is 6. The average Bonchev–Trinajstić information content (AvgIpc) is 3.40. The zero-order chi connectivity index (χ0) is 27.5. The Kier molecular flexibility index (Phi) is 8.39. The molecule has 1 aromatic carbocycles. The normalized spacial score (nSPS) is 19.1. The fourth-order valence-corrected chi connectivity index (χ4v) is 6.22. The van der Waals surface area contributed by atoms with Crippen molar-refractivity contribution in [3.8, 4) is 5.75 Å². The monoisotopic (exact) mass is 550 g/mol. The molecule has 2 N–H and O–H groups in total. The van der Waals surface area contributed by atoms with Gasteiger partial charge >= 0.3 is 0 Å². The van der Waals surface area contributed by atoms with Crippen molar-refractivity contribution in [2.75, 3.05) is 57.6 Å². The Labute approximate surface area is 234 Å². The highest BCUT2D eigenvalue weighted by Gasteiger charge is 2.41. The van der Waals surface area contributed by atoms with E-state index in [4.69, 9.17) is 14.7 Å². The summed E-state index contributed by atoms with van der Waals surface area (Å²) in [5.74, 6) is 2.85. The highest BCUT2D eigenvalue weighted by atomic mass is 32.2. The van der Waals surface area contributed by atoms with Gasteiger partial charge in [-0.05, 0) is 70.2 Å². The summed E-state index contributed by atoms with van der Waals surface area (Å²) in [7, 11) is 5.94. The van der Waals surface area contributed by atoms with Crippen LogP contribution in [-0.4, -0.2) is 95.2 Å². The minimum atomic E-state index is 0.152. The SMILES string of the molecule is COc1c(Nc2cc(C)[nH]n2)nc(Sc2ccc(CC(C)=O)cc2)nc1N1CC2CCC(C1)N2CCN(C)C. The van der Waals surface area contributed by atoms with Crippen LogP contribution in [0.15, 0.2) is 40.4 Å². The molecular formula is C28H38N8O2S. The van der Waals surface area contributed by atoms with Gasteiger partial charge in [0.25, 0.3) is 0 Å². The number of rotatable bonds is 11. The van der Waals surface area contributed by atoms with Crippen LogP contribution in [0.3, 0.4) is 0 Å². The molecule has 0 radical (unpaired) electrons. The number of carbonyl (C=O) groups excluding carboxylic acids is 1. The van der Waals surface area contributed by atoms with Gasteiger partial charge in [-0.1, -0.05) is 12.1 Å². The number of Topliss-reactive ketones (excluding diaryl/α,β-unsaturated/α-hetero) is 1. The number of fused-ring (bicyclic) bond motifs is 2. The smallest absolute Gasteiger partial charge is 0.204 e. The predicted octanol–water partition coefficient (Wildman–Crippen LogP) is 3.76. The highest BCUT2D eigenvalue weighted by Crippen LogP contribution is 2.41. The van der Waals surface area contributed by atoms with E-state index < -0.39 is 0 Å². The molecule has 3 aromatic rings. The van der Waals surface area contributed by atoms with E-state index in [9.17, 15) is 4.79 Å². The van der Waals surface area contributed by atoms with Gasteiger partial charge in [-0.3, -0.25) is 14.8 Å². The van der Waals surface area contributed by atoms with Crippen LogP contribution >= 0.6 is 11.8 Å². The molecule has 10 nitrogen and oxygen atoms in total. The number of H-pyrrole nitrogens is 1. The van der Waals surface area contributed by atoms with E-state index >= 15 is 0 Å². The maximum Gasteiger partial charge on any atom is 0.204 e. The topological polar surface area (TPSA) is 103 Å². The van der Waals surface area contributed by atoms with Crippen molar-refractivity contribution in [1.82, 2.24) is 30.0 Å². The predicted molar refractivity (Wildman–Crippen MR) is 154 cm³/mol. The molecule has 39 heavy (non-hydrogen) atoms. The van der Waals surface area contributed by atoms with Gasteiger partial charge in [0, 0.05) is 61.3 Å². The van der Waals surface area contributed by atoms with Gasteiger partial charge in [0.15, 0.2) is 22.6 Å². The molecule has 2 aliphatic heterocycles. The maximum atomic E-state index is 11.5. The lowest BCUT2D eigenvalue weighted by atomic mass is 10.1. The number of benzene rings is 1. The number of likely N-dealkylation sites (N-methyl/N-ethyl adjacent to an activating group) is 1. The largest absolute Gasteiger partial charge is 0.490 e. The van der Waals surface area contributed by atoms with E-state index in [1.54, 1.807) is 14.0 Å². The number of aromatic nitrogens is 4. The van der Waals surface area contributed by atoms with Crippen molar-refractivity contribution < 1.29 is 9.53 Å². The van der Waals surface area contributed by atoms with Crippen LogP contribution in [0.5, 0.6) is 5.75 Å². The lowest BCUT2D eigenvalue weighted by Gasteiger charge is -2.42. The Morgan fingerprint density at radius 3 is 2.49 bits per heavy atom. The van der Waals surface area contributed by atoms with E-state index in [1.165, 1.54) is 24.6 Å². The van der Waals surface area contributed by atoms with Crippen LogP contribution < -0.4 is 15.0 Å². The van der Waals surface area contributed by atoms with Crippen molar-refractivity contribution >= 4 is 35.0 Å². The van der Waals surface area contributed by atoms with Crippen LogP contribution in [0, 0.1) is 6.92 Å². The Morgan fingerprint density at radius 2 is 1.90 bits per heavy atom. The number of aryl methyl sites for hydroxylation is 1. The Hall–Kier alpha value is -3.15. The zero-order valence-corrected chi connectivity index (χ0v) is 24.2. The quantitative estimate of drug-likeness (QED) is 0.343. The van der Waals surface area contributed by atoms with Crippen molar-refractivity contribution in [1.29, 1.82) is 0 Å². The molecule has 11 heteroatoms. The molecule has 208 valence electrons. The molecule has 2 saturated heterocycles. The third kappa shape index (κ3) is 6.54. The van der Waals surface area contributed by atoms with Crippen molar-refractivity contribution in [3.63, 3.8) is 0 Å². The summed E-state index contributed by atoms with van der Waals surface area (Å²) < 4.78 is 5.93. The van der Waals surface area contributed by atoms with Crippen molar-refractivity contribution in [2.45, 2.75) is 55.2 Å². The van der Waals surface area contributed by atoms with Gasteiger partial charge in [0.1, 0.15) is 5.78 Å². The summed E-state index contributed by atoms with van der Waals surface area (Å²) in [5.41, 5.74) is 1.96. The first-order valence-corrected chi connectivity index (χ1v) is 14.3. The number of piperazine rings is 1. The fraction of sp³-hybridized carbons (Fsp3) is 0.500. The van der Waals surface area contributed by atoms with E-state index in [0.717, 1.165) is 48.1 Å². The number of ketones is 1. The minimum absolute atomic E-state index is 0.152. The standard InChI is InChI=1S/C28H38N8O2S/c1-18-14-24(33-32-18)29-26-25(38-5)27(35-16-21-8-9-22(17-35)36(21)13-12-34(3)4)31-28(30-26)39-23-10-6-20(7-11-23)15-19(2)37/h6-7,10-11,14,21-22H,8-9,12-13,15-17H2,1-5H3,(H2,29,30,31,32,33). The summed E-state index contributed by atoms with van der Waals surface area (Å²) in [6.07, 6.45) is 2.84. The first-order valence-electron chi connectivity index (χ1n) is 13.5. The number of hydrogen-bond donors (Lipinski definition) is 2. The summed E-state index contributed by atoms with van der Waals surface area (Å²) >= 11 is 1.50. The molecule has 4 heterocycles. The molecule has 0 amide bonds. The third-order valence-corrected chi connectivity index (χ3v) is 8.18. The van der Waals surface area contributed by atoms with E-state index in [-0.39, 0.29) is 5.78 Å². The van der Waals surface area contributed by atoms with E-state index in [2.05, 4.69) is 44.3 Å². The van der Waals surface area contributed by atoms with Crippen molar-refractivity contribution in [2.24, 2.45) is 0 Å². The molecule has 0 aliphatic carbocycles. The second-order valence-electron chi connectivity index (χ2n) is 10.7. The summed E-state index contributed by atoms with van der Waals surface area (Å²) in [6, 6.07) is 11.0. The lowest BCUT2D eigenvalue weighted by molar-refractivity contribution is -0.116. The number of hydrogen-bond acceptors (Lipinski definition) is 10. The first kappa shape index (κ1) is 27.4. The fourth-order valence-electron chi connectivity index (χ4n) is 5.47. The molecule has 2 unspecified atom stereocenters. The molecule has 0 saturated carbocycles. The van der Waals surface area contributed by atoms with Gasteiger partial charge in [-0.25, -0.2) is 9.97 Å². The summed E-state index contributed by atoms with van der Waals surface area (Å²) in [6.45, 7) is 7.53. The molecular weight excluding hydrogens is 512 g/mol. The first-order chi connectivity index (χ1) is 18.8. The van der Waals surface area contributed by atoms with Crippen LogP contribution in [0.1, 0.15) is 31.0 Å². The van der Waals surface area contributed by atoms with Crippen LogP contribution in [-0.2, 0) is 11.2 Å². The second-order valence-corrected chi connectivity index (χ2v) is 11.8. The highest BCUT2D eigenvalue weighted by molar-refractivity contribution is 7.99. The number of aromatic amines is 1. The average molecular weight is 551 g/mol. The number of nitrogens with one attached hydrogen (secondary N) is 2. The third-order valence-electron chi connectivity index (χ3n) is 7.31. The summed E-state index contributed by atoms with van der Waals surface area (Å²) in [4.78, 5) is 29.7. The van der Waals surface area contributed by atoms with Crippen molar-refractivity contribution in [3.05, 3.63) is 41.6 Å². The Bertz CT molecular complexity index is 1280. The van der Waals surface area contributed by atoms with Crippen LogP contribution in [0.25, 0.3) is 0 Å². The maximum absolute atomic E-state index is 11.5. The van der Waals surface area contributed by atoms with Gasteiger partial charge in [0.2, 0.25) is 5.75 Å². The molecule has 2 fully saturated rings. The molecule has 2 aliphatic rings. The van der Waals surface area contributed by atoms with E-state index in [1.807, 2.05) is 37.3 Å². The molecule has 2 bridgehead atoms. The lowest BCUT2D eigenvalue weighted by Crippen LogP contribution is -2.55. The van der Waals surface area contributed by atoms with Gasteiger partial charge in [-0.15, -0.1) is 0 Å². The summed E-state index contributed by atoms with van der Waals surface area (Å²) in [5, 5.41) is 11.3. The Morgan fingerprint density at radius 1 is 1.18 bits per heavy atom. The number of carbonyl (C=O) groups is 1. The number of ether oxygens (including phenoxy) is 1. The molecule has 2 aromatic heterocycles. The zero-order valence-electron chi connectivity index (χ0n) is 23.4. The van der Waals surface area contributed by atoms with E-state index in [0.29, 0.717) is 41.0 Å². The minimum Gasteiger partial charge on any atom is -0.490 e. The number of anilines is 3. The number of methoxy groups -OCH3 is 1. The van der Waals surface area contributed by atoms with Gasteiger partial charge in [-0.2, -0.15) is 5.10 Å². The molecule has 0 spiro atoms. The Balaban J connectivity index is 1.45. The van der Waals surface area contributed by atoms with Crippen LogP contribution in [0.4, 0.5) is 17.5 Å². The van der Waals surface area contributed by atoms with Crippen LogP contribution in [0.2, 0.25) is 0 Å². The molecule has 5 rings (SSSR count).